The third-order valence-electron chi connectivity index (χ3n) is 3.43. The Morgan fingerprint density at radius 3 is 2.43 bits per heavy atom. The quantitative estimate of drug-likeness (QED) is 0.887. The summed E-state index contributed by atoms with van der Waals surface area (Å²) in [6, 6.07) is 0. The molecule has 0 aromatic carbocycles. The van der Waals surface area contributed by atoms with E-state index in [1.807, 2.05) is 0 Å². The molecule has 2 aromatic rings. The Bertz CT molecular complexity index is 835. The molecule has 128 valence electrons. The Labute approximate surface area is 132 Å². The summed E-state index contributed by atoms with van der Waals surface area (Å²) >= 11 is 1.02. The molecule has 2 rings (SSSR count). The first kappa shape index (κ1) is 17.7. The highest BCUT2D eigenvalue weighted by molar-refractivity contribution is 7.18. The van der Waals surface area contributed by atoms with E-state index in [0.717, 1.165) is 20.5 Å². The van der Waals surface area contributed by atoms with Gasteiger partial charge in [0.05, 0.1) is 25.1 Å². The molecule has 0 unspecified atom stereocenters. The zero-order chi connectivity index (χ0) is 17.4. The molecule has 0 fully saturated rings. The largest absolute Gasteiger partial charge is 0.522 e. The van der Waals surface area contributed by atoms with E-state index in [0.29, 0.717) is 10.4 Å². The Balaban J connectivity index is 2.62. The van der Waals surface area contributed by atoms with Gasteiger partial charge in [-0.25, -0.2) is 4.79 Å². The average Bonchev–Trinajstić information content (AvgIpc) is 2.79. The average molecular weight is 352 g/mol. The standard InChI is InChI=1S/C13H15F3N2O4S/c1-3-17-10(20)9-7(2)8(6-19)23-11(9)18(12(17)21)4-5-22-13(14,15)16/h19H,3-6H2,1-2H3. The number of aliphatic hydroxyl groups is 1. The number of halogens is 3. The zero-order valence-electron chi connectivity index (χ0n) is 12.4. The molecule has 6 nitrogen and oxygen atoms in total. The molecule has 0 aliphatic heterocycles. The van der Waals surface area contributed by atoms with E-state index in [4.69, 9.17) is 0 Å². The van der Waals surface area contributed by atoms with E-state index in [2.05, 4.69) is 4.74 Å². The molecule has 0 spiro atoms. The summed E-state index contributed by atoms with van der Waals surface area (Å²) in [4.78, 5) is 25.5. The highest BCUT2D eigenvalue weighted by Gasteiger charge is 2.29. The van der Waals surface area contributed by atoms with Gasteiger partial charge in [-0.1, -0.05) is 0 Å². The number of alkyl halides is 3. The minimum atomic E-state index is -4.79. The summed E-state index contributed by atoms with van der Waals surface area (Å²) in [6.45, 7) is 1.92. The molecule has 0 atom stereocenters. The first-order valence-electron chi connectivity index (χ1n) is 6.78. The van der Waals surface area contributed by atoms with Crippen LogP contribution in [0.1, 0.15) is 17.4 Å². The zero-order valence-corrected chi connectivity index (χ0v) is 13.3. The van der Waals surface area contributed by atoms with Crippen LogP contribution in [0.4, 0.5) is 13.2 Å². The first-order chi connectivity index (χ1) is 10.7. The van der Waals surface area contributed by atoms with E-state index in [-0.39, 0.29) is 29.9 Å². The molecular formula is C13H15F3N2O4S. The highest BCUT2D eigenvalue weighted by atomic mass is 32.1. The van der Waals surface area contributed by atoms with Crippen LogP contribution in [0.15, 0.2) is 9.59 Å². The summed E-state index contributed by atoms with van der Waals surface area (Å²) in [5.74, 6) is 0. The molecule has 0 saturated carbocycles. The predicted octanol–water partition coefficient (Wildman–Crippen LogP) is 1.58. The van der Waals surface area contributed by atoms with Crippen LogP contribution < -0.4 is 11.2 Å². The van der Waals surface area contributed by atoms with Crippen molar-refractivity contribution in [2.24, 2.45) is 0 Å². The van der Waals surface area contributed by atoms with Gasteiger partial charge < -0.3 is 5.11 Å². The monoisotopic (exact) mass is 352 g/mol. The lowest BCUT2D eigenvalue weighted by molar-refractivity contribution is -0.325. The molecule has 2 aromatic heterocycles. The number of aromatic nitrogens is 2. The number of thiophene rings is 1. The Morgan fingerprint density at radius 2 is 1.91 bits per heavy atom. The number of fused-ring (bicyclic) bond motifs is 1. The van der Waals surface area contributed by atoms with Crippen LogP contribution in [0, 0.1) is 6.92 Å². The van der Waals surface area contributed by atoms with Crippen LogP contribution in [-0.2, 0) is 24.4 Å². The summed E-state index contributed by atoms with van der Waals surface area (Å²) < 4.78 is 42.1. The van der Waals surface area contributed by atoms with E-state index >= 15 is 0 Å². The van der Waals surface area contributed by atoms with Crippen molar-refractivity contribution in [1.29, 1.82) is 0 Å². The van der Waals surface area contributed by atoms with Crippen LogP contribution in [0.5, 0.6) is 0 Å². The number of nitrogens with zero attached hydrogens (tertiary/aromatic N) is 2. The van der Waals surface area contributed by atoms with Crippen molar-refractivity contribution in [2.75, 3.05) is 6.61 Å². The van der Waals surface area contributed by atoms with E-state index in [9.17, 15) is 27.9 Å². The molecule has 1 N–H and O–H groups in total. The molecule has 10 heteroatoms. The van der Waals surface area contributed by atoms with Crippen molar-refractivity contribution >= 4 is 21.6 Å². The summed E-state index contributed by atoms with van der Waals surface area (Å²) in [6.07, 6.45) is -4.79. The highest BCUT2D eigenvalue weighted by Crippen LogP contribution is 2.27. The van der Waals surface area contributed by atoms with Gasteiger partial charge in [0.1, 0.15) is 4.83 Å². The van der Waals surface area contributed by atoms with Gasteiger partial charge in [0.25, 0.3) is 5.56 Å². The summed E-state index contributed by atoms with van der Waals surface area (Å²) in [5, 5.41) is 9.56. The topological polar surface area (TPSA) is 73.5 Å². The summed E-state index contributed by atoms with van der Waals surface area (Å²) in [5.41, 5.74) is -0.666. The minimum absolute atomic E-state index is 0.0947. The number of ether oxygens (including phenoxy) is 1. The first-order valence-corrected chi connectivity index (χ1v) is 7.60. The van der Waals surface area contributed by atoms with Crippen molar-refractivity contribution in [3.63, 3.8) is 0 Å². The van der Waals surface area contributed by atoms with E-state index in [1.165, 1.54) is 0 Å². The van der Waals surface area contributed by atoms with Crippen LogP contribution in [0.3, 0.4) is 0 Å². The van der Waals surface area contributed by atoms with Crippen molar-refractivity contribution in [2.45, 2.75) is 39.9 Å². The SMILES string of the molecule is CCn1c(=O)c2c(C)c(CO)sc2n(CCOC(F)(F)F)c1=O. The Morgan fingerprint density at radius 1 is 1.26 bits per heavy atom. The van der Waals surface area contributed by atoms with E-state index in [1.54, 1.807) is 13.8 Å². The fourth-order valence-electron chi connectivity index (χ4n) is 2.32. The molecular weight excluding hydrogens is 337 g/mol. The van der Waals surface area contributed by atoms with Crippen molar-refractivity contribution in [1.82, 2.24) is 9.13 Å². The van der Waals surface area contributed by atoms with Gasteiger partial charge in [-0.3, -0.25) is 18.7 Å². The molecule has 2 heterocycles. The van der Waals surface area contributed by atoms with Gasteiger partial charge in [0.2, 0.25) is 0 Å². The minimum Gasteiger partial charge on any atom is -0.391 e. The van der Waals surface area contributed by atoms with Gasteiger partial charge >= 0.3 is 12.1 Å². The van der Waals surface area contributed by atoms with Crippen molar-refractivity contribution in [3.05, 3.63) is 31.3 Å². The van der Waals surface area contributed by atoms with E-state index < -0.39 is 24.2 Å². The predicted molar refractivity (Wildman–Crippen MR) is 78.7 cm³/mol. The van der Waals surface area contributed by atoms with Crippen molar-refractivity contribution < 1.29 is 23.0 Å². The number of rotatable bonds is 5. The van der Waals surface area contributed by atoms with Gasteiger partial charge in [-0.2, -0.15) is 0 Å². The smallest absolute Gasteiger partial charge is 0.391 e. The maximum atomic E-state index is 12.4. The second-order valence-corrected chi connectivity index (χ2v) is 5.85. The lowest BCUT2D eigenvalue weighted by Gasteiger charge is -2.12. The molecule has 0 aliphatic rings. The Kier molecular flexibility index (Phi) is 4.97. The normalized spacial score (nSPS) is 12.3. The number of aryl methyl sites for hydroxylation is 1. The van der Waals surface area contributed by atoms with Gasteiger partial charge in [0.15, 0.2) is 0 Å². The molecule has 0 saturated heterocycles. The molecule has 23 heavy (non-hydrogen) atoms. The second kappa shape index (κ2) is 6.46. The lowest BCUT2D eigenvalue weighted by Crippen LogP contribution is -2.40. The Hall–Kier alpha value is -1.65. The van der Waals surface area contributed by atoms with Crippen LogP contribution in [0.25, 0.3) is 10.2 Å². The number of hydrogen-bond acceptors (Lipinski definition) is 5. The van der Waals surface area contributed by atoms with Gasteiger partial charge in [0, 0.05) is 11.4 Å². The molecule has 0 aliphatic carbocycles. The molecule has 0 bridgehead atoms. The third kappa shape index (κ3) is 3.33. The number of hydrogen-bond donors (Lipinski definition) is 1. The van der Waals surface area contributed by atoms with Crippen molar-refractivity contribution in [3.8, 4) is 0 Å². The maximum Gasteiger partial charge on any atom is 0.522 e. The fraction of sp³-hybridized carbons (Fsp3) is 0.538. The second-order valence-electron chi connectivity index (χ2n) is 4.77. The molecule has 0 radical (unpaired) electrons. The maximum absolute atomic E-state index is 12.4. The fourth-order valence-corrected chi connectivity index (χ4v) is 3.50. The third-order valence-corrected chi connectivity index (χ3v) is 4.73. The van der Waals surface area contributed by atoms with Gasteiger partial charge in [-0.15, -0.1) is 24.5 Å². The molecule has 0 amide bonds. The lowest BCUT2D eigenvalue weighted by atomic mass is 10.2. The van der Waals surface area contributed by atoms with Crippen LogP contribution in [-0.4, -0.2) is 27.2 Å². The summed E-state index contributed by atoms with van der Waals surface area (Å²) in [7, 11) is 0. The van der Waals surface area contributed by atoms with Crippen LogP contribution in [0.2, 0.25) is 0 Å². The van der Waals surface area contributed by atoms with Gasteiger partial charge in [-0.05, 0) is 19.4 Å². The van der Waals surface area contributed by atoms with Crippen LogP contribution >= 0.6 is 11.3 Å². The number of aliphatic hydroxyl groups excluding tert-OH is 1.